The number of ether oxygens (including phenoxy) is 1. The van der Waals surface area contributed by atoms with Gasteiger partial charge in [-0.15, -0.1) is 0 Å². The van der Waals surface area contributed by atoms with E-state index in [0.29, 0.717) is 18.1 Å². The van der Waals surface area contributed by atoms with Crippen LogP contribution in [-0.2, 0) is 14.8 Å². The van der Waals surface area contributed by atoms with E-state index in [0.717, 1.165) is 22.2 Å². The van der Waals surface area contributed by atoms with Gasteiger partial charge in [0.05, 0.1) is 25.1 Å². The Bertz CT molecular complexity index is 961. The zero-order valence-corrected chi connectivity index (χ0v) is 18.7. The summed E-state index contributed by atoms with van der Waals surface area (Å²) in [5.41, 5.74) is 0.992. The van der Waals surface area contributed by atoms with Crippen molar-refractivity contribution < 1.29 is 22.3 Å². The van der Waals surface area contributed by atoms with Gasteiger partial charge in [-0.1, -0.05) is 32.0 Å². The molecule has 0 unspecified atom stereocenters. The van der Waals surface area contributed by atoms with E-state index in [1.165, 1.54) is 25.1 Å². The summed E-state index contributed by atoms with van der Waals surface area (Å²) in [4.78, 5) is 13.0. The molecule has 164 valence electrons. The minimum Gasteiger partial charge on any atom is -0.497 e. The Morgan fingerprint density at radius 2 is 1.77 bits per heavy atom. The Kier molecular flexibility index (Phi) is 7.83. The average Bonchev–Trinajstić information content (AvgIpc) is 2.66. The molecule has 0 aliphatic rings. The van der Waals surface area contributed by atoms with Gasteiger partial charge >= 0.3 is 0 Å². The third kappa shape index (κ3) is 6.19. The molecule has 30 heavy (non-hydrogen) atoms. The highest BCUT2D eigenvalue weighted by molar-refractivity contribution is 7.92. The summed E-state index contributed by atoms with van der Waals surface area (Å²) in [6.07, 6.45) is 1.67. The molecule has 1 N–H and O–H groups in total. The maximum atomic E-state index is 13.7. The number of hydrogen-bond donors (Lipinski definition) is 1. The number of benzene rings is 2. The molecule has 2 aromatic rings. The van der Waals surface area contributed by atoms with E-state index in [2.05, 4.69) is 5.32 Å². The third-order valence-corrected chi connectivity index (χ3v) is 5.93. The average molecular weight is 437 g/mol. The summed E-state index contributed by atoms with van der Waals surface area (Å²) in [6, 6.07) is 11.2. The topological polar surface area (TPSA) is 75.7 Å². The summed E-state index contributed by atoms with van der Waals surface area (Å²) in [5, 5.41) is 2.96. The fourth-order valence-corrected chi connectivity index (χ4v) is 4.47. The number of methoxy groups -OCH3 is 1. The van der Waals surface area contributed by atoms with Crippen LogP contribution in [-0.4, -0.2) is 33.7 Å². The summed E-state index contributed by atoms with van der Waals surface area (Å²) < 4.78 is 44.6. The van der Waals surface area contributed by atoms with Gasteiger partial charge in [0.2, 0.25) is 15.9 Å². The van der Waals surface area contributed by atoms with Gasteiger partial charge in [-0.05, 0) is 55.2 Å². The number of carbonyl (C=O) groups excluding carboxylic acids is 1. The van der Waals surface area contributed by atoms with E-state index in [-0.39, 0.29) is 11.7 Å². The lowest BCUT2D eigenvalue weighted by atomic mass is 9.96. The number of sulfonamides is 1. The van der Waals surface area contributed by atoms with Gasteiger partial charge < -0.3 is 10.1 Å². The lowest BCUT2D eigenvalue weighted by Gasteiger charge is -2.30. The van der Waals surface area contributed by atoms with Crippen LogP contribution in [0.25, 0.3) is 0 Å². The van der Waals surface area contributed by atoms with Crippen LogP contribution in [0.4, 0.5) is 10.1 Å². The molecule has 0 saturated heterocycles. The molecule has 0 radical (unpaired) electrons. The molecule has 0 aliphatic carbocycles. The molecule has 6 nitrogen and oxygen atoms in total. The number of halogens is 1. The van der Waals surface area contributed by atoms with Crippen LogP contribution < -0.4 is 14.4 Å². The fourth-order valence-electron chi connectivity index (χ4n) is 3.30. The number of rotatable bonds is 9. The van der Waals surface area contributed by atoms with Crippen molar-refractivity contribution in [3.8, 4) is 5.75 Å². The van der Waals surface area contributed by atoms with Crippen LogP contribution >= 0.6 is 0 Å². The number of amides is 1. The third-order valence-electron chi connectivity index (χ3n) is 4.69. The van der Waals surface area contributed by atoms with Crippen molar-refractivity contribution >= 4 is 21.6 Å². The van der Waals surface area contributed by atoms with Crippen LogP contribution in [0.2, 0.25) is 0 Å². The Hall–Kier alpha value is -2.61. The second kappa shape index (κ2) is 9.93. The van der Waals surface area contributed by atoms with Gasteiger partial charge in [-0.3, -0.25) is 9.10 Å². The van der Waals surface area contributed by atoms with E-state index in [4.69, 9.17) is 4.74 Å². The van der Waals surface area contributed by atoms with Crippen molar-refractivity contribution in [1.29, 1.82) is 0 Å². The normalized spacial score (nSPS) is 13.6. The molecule has 0 aromatic heterocycles. The summed E-state index contributed by atoms with van der Waals surface area (Å²) in [6.45, 7) is 5.57. The number of nitrogens with zero attached hydrogens (tertiary/aromatic N) is 1. The monoisotopic (exact) mass is 436 g/mol. The molecule has 0 fully saturated rings. The maximum absolute atomic E-state index is 13.7. The van der Waals surface area contributed by atoms with Gasteiger partial charge in [0, 0.05) is 0 Å². The molecule has 0 bridgehead atoms. The van der Waals surface area contributed by atoms with Crippen molar-refractivity contribution in [3.63, 3.8) is 0 Å². The van der Waals surface area contributed by atoms with Crippen molar-refractivity contribution in [2.45, 2.75) is 39.3 Å². The lowest BCUT2D eigenvalue weighted by molar-refractivity contribution is -0.122. The minimum absolute atomic E-state index is 0.102. The van der Waals surface area contributed by atoms with Crippen LogP contribution in [0.5, 0.6) is 5.75 Å². The summed E-state index contributed by atoms with van der Waals surface area (Å²) >= 11 is 0. The zero-order valence-electron chi connectivity index (χ0n) is 17.9. The van der Waals surface area contributed by atoms with Crippen LogP contribution in [0.15, 0.2) is 48.5 Å². The Morgan fingerprint density at radius 1 is 1.13 bits per heavy atom. The van der Waals surface area contributed by atoms with Crippen molar-refractivity contribution in [2.24, 2.45) is 5.92 Å². The predicted octanol–water partition coefficient (Wildman–Crippen LogP) is 3.89. The second-order valence-corrected chi connectivity index (χ2v) is 9.54. The number of carbonyl (C=O) groups is 1. The van der Waals surface area contributed by atoms with Crippen molar-refractivity contribution in [2.75, 3.05) is 17.7 Å². The van der Waals surface area contributed by atoms with E-state index in [1.54, 1.807) is 7.11 Å². The molecular weight excluding hydrogens is 407 g/mol. The number of hydrogen-bond acceptors (Lipinski definition) is 4. The van der Waals surface area contributed by atoms with Gasteiger partial charge in [0.25, 0.3) is 0 Å². The van der Waals surface area contributed by atoms with Gasteiger partial charge in [-0.25, -0.2) is 12.8 Å². The first-order valence-corrected chi connectivity index (χ1v) is 11.6. The number of nitrogens with one attached hydrogen (secondary N) is 1. The molecule has 0 saturated carbocycles. The number of anilines is 1. The van der Waals surface area contributed by atoms with E-state index in [9.17, 15) is 17.6 Å². The predicted molar refractivity (Wildman–Crippen MR) is 117 cm³/mol. The van der Waals surface area contributed by atoms with Crippen LogP contribution in [0.1, 0.15) is 38.8 Å². The molecule has 0 aliphatic heterocycles. The largest absolute Gasteiger partial charge is 0.497 e. The van der Waals surface area contributed by atoms with Crippen LogP contribution in [0, 0.1) is 11.7 Å². The second-order valence-electron chi connectivity index (χ2n) is 7.68. The van der Waals surface area contributed by atoms with Gasteiger partial charge in [0.1, 0.15) is 17.6 Å². The smallest absolute Gasteiger partial charge is 0.244 e. The quantitative estimate of drug-likeness (QED) is 0.647. The molecule has 0 spiro atoms. The van der Waals surface area contributed by atoms with E-state index in [1.807, 2.05) is 38.1 Å². The van der Waals surface area contributed by atoms with Crippen molar-refractivity contribution in [1.82, 2.24) is 5.32 Å². The molecule has 2 aromatic carbocycles. The first kappa shape index (κ1) is 23.7. The Labute approximate surface area is 178 Å². The lowest BCUT2D eigenvalue weighted by Crippen LogP contribution is -2.48. The molecule has 1 amide bonds. The maximum Gasteiger partial charge on any atom is 0.244 e. The highest BCUT2D eigenvalue weighted by Crippen LogP contribution is 2.26. The zero-order chi connectivity index (χ0) is 22.5. The van der Waals surface area contributed by atoms with E-state index >= 15 is 0 Å². The Balaban J connectivity index is 2.31. The summed E-state index contributed by atoms with van der Waals surface area (Å²) in [5.74, 6) is -0.0473. The fraction of sp³-hybridized carbons (Fsp3) is 0.409. The van der Waals surface area contributed by atoms with Gasteiger partial charge in [-0.2, -0.15) is 0 Å². The first-order valence-electron chi connectivity index (χ1n) is 9.72. The minimum atomic E-state index is -3.82. The highest BCUT2D eigenvalue weighted by Gasteiger charge is 2.31. The molecule has 2 rings (SSSR count). The standard InChI is InChI=1S/C22H29FN2O4S/c1-15(2)13-21(17-9-11-20(29-4)12-10-17)24-22(26)16(3)25(30(5,27)28)19-8-6-7-18(23)14-19/h6-12,14-16,21H,13H2,1-5H3,(H,24,26)/t16-,21-/m0/s1. The first-order chi connectivity index (χ1) is 14.0. The van der Waals surface area contributed by atoms with Crippen molar-refractivity contribution in [3.05, 3.63) is 59.9 Å². The SMILES string of the molecule is COc1ccc([C@H](CC(C)C)NC(=O)[C@H](C)N(c2cccc(F)c2)S(C)(=O)=O)cc1. The molecule has 8 heteroatoms. The van der Waals surface area contributed by atoms with Gasteiger partial charge in [0.15, 0.2) is 0 Å². The molecule has 2 atom stereocenters. The molecular formula is C22H29FN2O4S. The van der Waals surface area contributed by atoms with E-state index < -0.39 is 27.8 Å². The molecule has 0 heterocycles. The highest BCUT2D eigenvalue weighted by atomic mass is 32.2. The summed E-state index contributed by atoms with van der Waals surface area (Å²) in [7, 11) is -2.24. The Morgan fingerprint density at radius 3 is 2.27 bits per heavy atom. The van der Waals surface area contributed by atoms with Crippen LogP contribution in [0.3, 0.4) is 0 Å².